The molecule has 0 spiro atoms. The Morgan fingerprint density at radius 1 is 0.944 bits per heavy atom. The lowest BCUT2D eigenvalue weighted by Gasteiger charge is -2.46. The third kappa shape index (κ3) is 3.35. The first-order valence-corrected chi connectivity index (χ1v) is 11.5. The maximum Gasteiger partial charge on any atom is 0.344 e. The van der Waals surface area contributed by atoms with Crippen molar-refractivity contribution >= 4 is 32.5 Å². The molecule has 0 saturated carbocycles. The molecule has 9 heteroatoms. The van der Waals surface area contributed by atoms with Crippen LogP contribution in [0.25, 0.3) is 32.5 Å². The zero-order valence-electron chi connectivity index (χ0n) is 20.5. The number of benzene rings is 3. The van der Waals surface area contributed by atoms with Gasteiger partial charge in [0.2, 0.25) is 0 Å². The highest BCUT2D eigenvalue weighted by atomic mass is 16.5. The van der Waals surface area contributed by atoms with E-state index in [1.165, 1.54) is 33.3 Å². The number of rotatable bonds is 3. The van der Waals surface area contributed by atoms with E-state index in [0.29, 0.717) is 33.2 Å². The Morgan fingerprint density at radius 3 is 2.28 bits per heavy atom. The fourth-order valence-corrected chi connectivity index (χ4v) is 5.28. The van der Waals surface area contributed by atoms with Crippen LogP contribution in [0.15, 0.2) is 39.5 Å². The van der Waals surface area contributed by atoms with Crippen molar-refractivity contribution in [2.24, 2.45) is 0 Å². The molecule has 190 valence electrons. The first-order chi connectivity index (χ1) is 17.0. The highest BCUT2D eigenvalue weighted by molar-refractivity contribution is 6.19. The molecule has 0 amide bonds. The maximum absolute atomic E-state index is 13.2. The number of phenolic OH excluding ortho intramolecular Hbond substituents is 1. The van der Waals surface area contributed by atoms with Gasteiger partial charge in [0.1, 0.15) is 46.7 Å². The minimum atomic E-state index is -1.89. The Kier molecular flexibility index (Phi) is 5.64. The smallest absolute Gasteiger partial charge is 0.344 e. The van der Waals surface area contributed by atoms with Crippen molar-refractivity contribution in [2.45, 2.75) is 50.8 Å². The summed E-state index contributed by atoms with van der Waals surface area (Å²) in [5.74, 6) is 0.607. The van der Waals surface area contributed by atoms with Crippen LogP contribution >= 0.6 is 0 Å². The first-order valence-electron chi connectivity index (χ1n) is 11.5. The van der Waals surface area contributed by atoms with Crippen molar-refractivity contribution in [2.75, 3.05) is 14.2 Å². The van der Waals surface area contributed by atoms with Crippen LogP contribution in [0.5, 0.6) is 17.2 Å². The number of methoxy groups -OCH3 is 2. The molecule has 4 aromatic rings. The van der Waals surface area contributed by atoms with Crippen LogP contribution in [-0.4, -0.2) is 58.6 Å². The van der Waals surface area contributed by atoms with Crippen molar-refractivity contribution in [3.8, 4) is 17.2 Å². The SMILES string of the molecule is COc1cc2c(oc(=O)c3cc(C)cc(OC)c32)c2c([C@@H]3O[C@@H](C)[C@@H](O)[C@](C)(O)[C@H]3O)ccc(O)c12. The summed E-state index contributed by atoms with van der Waals surface area (Å²) in [4.78, 5) is 13.2. The van der Waals surface area contributed by atoms with Gasteiger partial charge in [0.15, 0.2) is 0 Å². The molecule has 2 heterocycles. The van der Waals surface area contributed by atoms with E-state index in [4.69, 9.17) is 18.6 Å². The van der Waals surface area contributed by atoms with E-state index in [1.54, 1.807) is 25.1 Å². The molecule has 1 aliphatic heterocycles. The van der Waals surface area contributed by atoms with E-state index in [0.717, 1.165) is 5.56 Å². The molecule has 0 bridgehead atoms. The van der Waals surface area contributed by atoms with Crippen molar-refractivity contribution < 1.29 is 39.1 Å². The van der Waals surface area contributed by atoms with Crippen LogP contribution in [0, 0.1) is 6.92 Å². The fourth-order valence-electron chi connectivity index (χ4n) is 5.28. The standard InChI is InChI=1S/C27H28O9/c1-11-8-15-19(17(9-11)33-4)14-10-18(34-5)21-16(28)7-6-13(20(21)22(14)36-26(15)31)23-25(30)27(3,32)24(29)12(2)35-23/h6-10,12,23-25,28-30,32H,1-5H3/t12-,23-,24+,25-,27-/m0/s1. The predicted molar refractivity (Wildman–Crippen MR) is 133 cm³/mol. The fraction of sp³-hybridized carbons (Fsp3) is 0.370. The van der Waals surface area contributed by atoms with E-state index in [1.807, 2.05) is 6.92 Å². The Labute approximate surface area is 206 Å². The molecular weight excluding hydrogens is 468 g/mol. The number of ether oxygens (including phenoxy) is 3. The summed E-state index contributed by atoms with van der Waals surface area (Å²) in [6.07, 6.45) is -4.84. The minimum Gasteiger partial charge on any atom is -0.507 e. The number of phenols is 1. The van der Waals surface area contributed by atoms with E-state index in [9.17, 15) is 25.2 Å². The highest BCUT2D eigenvalue weighted by Crippen LogP contribution is 2.48. The Hall–Kier alpha value is -3.37. The number of aromatic hydroxyl groups is 1. The van der Waals surface area contributed by atoms with Crippen LogP contribution in [0.3, 0.4) is 0 Å². The zero-order chi connectivity index (χ0) is 26.1. The quantitative estimate of drug-likeness (QED) is 0.249. The lowest BCUT2D eigenvalue weighted by atomic mass is 9.80. The molecule has 3 aromatic carbocycles. The van der Waals surface area contributed by atoms with Gasteiger partial charge in [0.05, 0.1) is 31.1 Å². The summed E-state index contributed by atoms with van der Waals surface area (Å²) in [5.41, 5.74) is -1.22. The summed E-state index contributed by atoms with van der Waals surface area (Å²) < 4.78 is 23.0. The average Bonchev–Trinajstić information content (AvgIpc) is 2.85. The molecule has 1 saturated heterocycles. The van der Waals surface area contributed by atoms with E-state index in [2.05, 4.69) is 0 Å². The Morgan fingerprint density at radius 2 is 1.61 bits per heavy atom. The van der Waals surface area contributed by atoms with Gasteiger partial charge in [0.25, 0.3) is 0 Å². The van der Waals surface area contributed by atoms with Gasteiger partial charge in [0, 0.05) is 16.2 Å². The average molecular weight is 497 g/mol. The molecule has 5 rings (SSSR count). The molecule has 1 aromatic heterocycles. The number of hydrogen-bond acceptors (Lipinski definition) is 9. The molecule has 5 atom stereocenters. The van der Waals surface area contributed by atoms with Crippen molar-refractivity contribution in [1.82, 2.24) is 0 Å². The van der Waals surface area contributed by atoms with E-state index in [-0.39, 0.29) is 22.1 Å². The van der Waals surface area contributed by atoms with Gasteiger partial charge in [-0.25, -0.2) is 4.79 Å². The second-order valence-electron chi connectivity index (χ2n) is 9.54. The topological polar surface area (TPSA) is 139 Å². The third-order valence-corrected chi connectivity index (χ3v) is 7.18. The predicted octanol–water partition coefficient (Wildman–Crippen LogP) is 3.06. The van der Waals surface area contributed by atoms with Gasteiger partial charge in [-0.3, -0.25) is 0 Å². The van der Waals surface area contributed by atoms with E-state index >= 15 is 0 Å². The molecule has 9 nitrogen and oxygen atoms in total. The molecule has 0 aliphatic carbocycles. The monoisotopic (exact) mass is 496 g/mol. The normalized spacial score (nSPS) is 26.6. The summed E-state index contributed by atoms with van der Waals surface area (Å²) in [6, 6.07) is 8.11. The van der Waals surface area contributed by atoms with Crippen LogP contribution in [0.2, 0.25) is 0 Å². The highest BCUT2D eigenvalue weighted by Gasteiger charge is 2.51. The summed E-state index contributed by atoms with van der Waals surface area (Å²) in [5, 5.41) is 45.0. The van der Waals surface area contributed by atoms with E-state index < -0.39 is 35.6 Å². The Bertz CT molecular complexity index is 1570. The Balaban J connectivity index is 1.97. The number of hydrogen-bond donors (Lipinski definition) is 4. The zero-order valence-corrected chi connectivity index (χ0v) is 20.5. The van der Waals surface area contributed by atoms with Crippen LogP contribution in [0.1, 0.15) is 31.1 Å². The second kappa shape index (κ2) is 8.35. The molecule has 1 fully saturated rings. The minimum absolute atomic E-state index is 0.130. The second-order valence-corrected chi connectivity index (χ2v) is 9.54. The summed E-state index contributed by atoms with van der Waals surface area (Å²) in [6.45, 7) is 4.75. The molecular formula is C27H28O9. The molecule has 4 N–H and O–H groups in total. The number of aliphatic hydroxyl groups is 3. The number of aryl methyl sites for hydroxylation is 1. The number of fused-ring (bicyclic) bond motifs is 5. The van der Waals surface area contributed by atoms with Gasteiger partial charge in [-0.1, -0.05) is 6.07 Å². The van der Waals surface area contributed by atoms with Crippen LogP contribution in [-0.2, 0) is 4.74 Å². The lowest BCUT2D eigenvalue weighted by Crippen LogP contribution is -2.61. The van der Waals surface area contributed by atoms with Crippen LogP contribution in [0.4, 0.5) is 0 Å². The summed E-state index contributed by atoms with van der Waals surface area (Å²) >= 11 is 0. The lowest BCUT2D eigenvalue weighted by molar-refractivity contribution is -0.261. The molecule has 1 aliphatic rings. The summed E-state index contributed by atoms with van der Waals surface area (Å²) in [7, 11) is 2.95. The van der Waals surface area contributed by atoms with Crippen LogP contribution < -0.4 is 15.1 Å². The first kappa shape index (κ1) is 24.3. The van der Waals surface area contributed by atoms with Gasteiger partial charge >= 0.3 is 5.63 Å². The molecule has 36 heavy (non-hydrogen) atoms. The molecule has 0 unspecified atom stereocenters. The van der Waals surface area contributed by atoms with Gasteiger partial charge in [-0.15, -0.1) is 0 Å². The molecule has 0 radical (unpaired) electrons. The third-order valence-electron chi connectivity index (χ3n) is 7.18. The van der Waals surface area contributed by atoms with Crippen molar-refractivity contribution in [1.29, 1.82) is 0 Å². The maximum atomic E-state index is 13.2. The number of aliphatic hydroxyl groups excluding tert-OH is 2. The van der Waals surface area contributed by atoms with Gasteiger partial charge in [-0.05, 0) is 56.2 Å². The van der Waals surface area contributed by atoms with Gasteiger partial charge in [-0.2, -0.15) is 0 Å². The van der Waals surface area contributed by atoms with Crippen molar-refractivity contribution in [3.05, 3.63) is 51.9 Å². The van der Waals surface area contributed by atoms with Gasteiger partial charge < -0.3 is 39.1 Å². The largest absolute Gasteiger partial charge is 0.507 e. The van der Waals surface area contributed by atoms with Crippen molar-refractivity contribution in [3.63, 3.8) is 0 Å².